The number of rotatable bonds is 7. The zero-order valence-electron chi connectivity index (χ0n) is 35.2. The van der Waals surface area contributed by atoms with Crippen molar-refractivity contribution in [2.45, 2.75) is 19.3 Å². The van der Waals surface area contributed by atoms with Crippen molar-refractivity contribution >= 4 is 49.8 Å². The van der Waals surface area contributed by atoms with Crippen LogP contribution in [0.4, 0.5) is 17.1 Å². The van der Waals surface area contributed by atoms with Crippen molar-refractivity contribution in [2.75, 3.05) is 4.90 Å². The molecule has 0 aliphatic heterocycles. The second-order valence-electron chi connectivity index (χ2n) is 17.3. The molecule has 0 saturated carbocycles. The monoisotopic (exact) mass is 805 g/mol. The van der Waals surface area contributed by atoms with E-state index in [-0.39, 0.29) is 5.41 Å². The molecule has 0 unspecified atom stereocenters. The first-order chi connectivity index (χ1) is 31.0. The summed E-state index contributed by atoms with van der Waals surface area (Å²) in [6, 6.07) is 81.6. The van der Waals surface area contributed by atoms with Gasteiger partial charge in [0.05, 0.1) is 5.69 Å². The number of hydrogen-bond donors (Lipinski definition) is 0. The average molecular weight is 806 g/mol. The number of para-hydroxylation sites is 2. The quantitative estimate of drug-likeness (QED) is 0.160. The standard InChI is InChI=1S/C61H43NO/c1-61(2)56-38-45(40-14-5-3-6-15-40)30-34-51(56)52-35-33-47(39-57(52)61)62(58-37-36-48(43-16-7-4-8-17-43)50-18-9-10-19-53(50)58)46-31-28-42(29-32-46)41-24-26-44(27-25-41)49-21-13-22-55-54-20-11-12-23-59(54)63-60(49)55/h3-39H,1-2H3. The fraction of sp³-hybridized carbons (Fsp3) is 0.0492. The van der Waals surface area contributed by atoms with Gasteiger partial charge >= 0.3 is 0 Å². The average Bonchev–Trinajstić information content (AvgIpc) is 3.84. The highest BCUT2D eigenvalue weighted by Gasteiger charge is 2.36. The summed E-state index contributed by atoms with van der Waals surface area (Å²) in [6.45, 7) is 4.75. The third-order valence-electron chi connectivity index (χ3n) is 13.3. The van der Waals surface area contributed by atoms with Crippen LogP contribution in [0.2, 0.25) is 0 Å². The minimum absolute atomic E-state index is 0.192. The maximum absolute atomic E-state index is 6.39. The van der Waals surface area contributed by atoms with Gasteiger partial charge in [-0.25, -0.2) is 0 Å². The van der Waals surface area contributed by atoms with Crippen molar-refractivity contribution in [2.24, 2.45) is 0 Å². The molecule has 0 amide bonds. The maximum atomic E-state index is 6.39. The Labute approximate surface area is 368 Å². The van der Waals surface area contributed by atoms with Gasteiger partial charge in [0, 0.05) is 38.5 Å². The van der Waals surface area contributed by atoms with Gasteiger partial charge in [-0.1, -0.05) is 196 Å². The molecular formula is C61H43NO. The van der Waals surface area contributed by atoms with E-state index in [2.05, 4.69) is 231 Å². The van der Waals surface area contributed by atoms with E-state index in [0.717, 1.165) is 55.7 Å². The van der Waals surface area contributed by atoms with Crippen LogP contribution in [0.5, 0.6) is 0 Å². The van der Waals surface area contributed by atoms with Gasteiger partial charge in [-0.2, -0.15) is 0 Å². The normalized spacial score (nSPS) is 12.7. The highest BCUT2D eigenvalue weighted by Crippen LogP contribution is 2.52. The van der Waals surface area contributed by atoms with Crippen LogP contribution in [0.15, 0.2) is 229 Å². The first kappa shape index (κ1) is 36.9. The van der Waals surface area contributed by atoms with E-state index < -0.39 is 0 Å². The number of furan rings is 1. The summed E-state index contributed by atoms with van der Waals surface area (Å²) < 4.78 is 6.39. The van der Waals surface area contributed by atoms with Gasteiger partial charge < -0.3 is 9.32 Å². The number of hydrogen-bond acceptors (Lipinski definition) is 2. The van der Waals surface area contributed by atoms with Crippen LogP contribution >= 0.6 is 0 Å². The Hall–Kier alpha value is -7.94. The third-order valence-corrected chi connectivity index (χ3v) is 13.3. The smallest absolute Gasteiger partial charge is 0.143 e. The SMILES string of the molecule is CC1(C)c2cc(-c3ccccc3)ccc2-c2ccc(N(c3ccc(-c4ccc(-c5cccc6c5oc5ccccc56)cc4)cc3)c3ccc(-c4ccccc4)c4ccccc34)cc21. The van der Waals surface area contributed by atoms with Crippen molar-refractivity contribution < 1.29 is 4.42 Å². The van der Waals surface area contributed by atoms with E-state index >= 15 is 0 Å². The summed E-state index contributed by atoms with van der Waals surface area (Å²) in [5.41, 5.74) is 19.8. The van der Waals surface area contributed by atoms with Crippen LogP contribution in [0.25, 0.3) is 88.3 Å². The summed E-state index contributed by atoms with van der Waals surface area (Å²) in [5, 5.41) is 4.71. The lowest BCUT2D eigenvalue weighted by atomic mass is 9.81. The molecule has 12 rings (SSSR count). The molecule has 1 aliphatic carbocycles. The number of nitrogens with zero attached hydrogens (tertiary/aromatic N) is 1. The van der Waals surface area contributed by atoms with Crippen molar-refractivity contribution in [1.29, 1.82) is 0 Å². The lowest BCUT2D eigenvalue weighted by Crippen LogP contribution is -2.17. The second kappa shape index (κ2) is 14.6. The predicted molar refractivity (Wildman–Crippen MR) is 265 cm³/mol. The van der Waals surface area contributed by atoms with Crippen LogP contribution in [0.3, 0.4) is 0 Å². The Morgan fingerprint density at radius 2 is 0.841 bits per heavy atom. The summed E-state index contributed by atoms with van der Waals surface area (Å²) in [5.74, 6) is 0. The van der Waals surface area contributed by atoms with Gasteiger partial charge in [0.15, 0.2) is 0 Å². The topological polar surface area (TPSA) is 16.4 Å². The molecule has 1 aromatic heterocycles. The number of fused-ring (bicyclic) bond motifs is 7. The summed E-state index contributed by atoms with van der Waals surface area (Å²) in [4.78, 5) is 2.45. The van der Waals surface area contributed by atoms with Crippen molar-refractivity contribution in [3.05, 3.63) is 236 Å². The molecule has 0 radical (unpaired) electrons. The van der Waals surface area contributed by atoms with E-state index in [1.165, 1.54) is 60.8 Å². The molecule has 11 aromatic rings. The minimum Gasteiger partial charge on any atom is -0.455 e. The highest BCUT2D eigenvalue weighted by molar-refractivity contribution is 6.10. The molecule has 0 saturated heterocycles. The molecule has 1 aliphatic rings. The van der Waals surface area contributed by atoms with Crippen molar-refractivity contribution in [3.8, 4) is 55.6 Å². The van der Waals surface area contributed by atoms with Crippen LogP contribution in [0, 0.1) is 0 Å². The largest absolute Gasteiger partial charge is 0.455 e. The molecule has 1 heterocycles. The fourth-order valence-electron chi connectivity index (χ4n) is 10.1. The Morgan fingerprint density at radius 3 is 1.59 bits per heavy atom. The van der Waals surface area contributed by atoms with E-state index in [1.54, 1.807) is 0 Å². The zero-order valence-corrected chi connectivity index (χ0v) is 35.2. The van der Waals surface area contributed by atoms with Crippen molar-refractivity contribution in [3.63, 3.8) is 0 Å². The fourth-order valence-corrected chi connectivity index (χ4v) is 10.1. The summed E-state index contributed by atoms with van der Waals surface area (Å²) >= 11 is 0. The lowest BCUT2D eigenvalue weighted by Gasteiger charge is -2.29. The number of benzene rings is 10. The molecule has 298 valence electrons. The first-order valence-corrected chi connectivity index (χ1v) is 21.8. The molecule has 0 atom stereocenters. The van der Waals surface area contributed by atoms with Crippen LogP contribution in [-0.2, 0) is 5.41 Å². The van der Waals surface area contributed by atoms with E-state index in [0.29, 0.717) is 0 Å². The van der Waals surface area contributed by atoms with E-state index in [1.807, 2.05) is 12.1 Å². The molecule has 63 heavy (non-hydrogen) atoms. The highest BCUT2D eigenvalue weighted by atomic mass is 16.3. The Balaban J connectivity index is 0.954. The molecule has 0 bridgehead atoms. The van der Waals surface area contributed by atoms with Crippen LogP contribution in [-0.4, -0.2) is 0 Å². The van der Waals surface area contributed by atoms with E-state index in [9.17, 15) is 0 Å². The van der Waals surface area contributed by atoms with Gasteiger partial charge in [-0.05, 0) is 109 Å². The van der Waals surface area contributed by atoms with Gasteiger partial charge in [0.1, 0.15) is 11.2 Å². The zero-order chi connectivity index (χ0) is 42.1. The van der Waals surface area contributed by atoms with E-state index in [4.69, 9.17) is 4.42 Å². The second-order valence-corrected chi connectivity index (χ2v) is 17.3. The minimum atomic E-state index is -0.192. The molecule has 2 nitrogen and oxygen atoms in total. The van der Waals surface area contributed by atoms with Crippen LogP contribution < -0.4 is 4.90 Å². The molecular weight excluding hydrogens is 763 g/mol. The summed E-state index contributed by atoms with van der Waals surface area (Å²) in [6.07, 6.45) is 0. The Morgan fingerprint density at radius 1 is 0.333 bits per heavy atom. The lowest BCUT2D eigenvalue weighted by molar-refractivity contribution is 0.660. The molecule has 0 fully saturated rings. The molecule has 10 aromatic carbocycles. The van der Waals surface area contributed by atoms with Gasteiger partial charge in [0.25, 0.3) is 0 Å². The van der Waals surface area contributed by atoms with Crippen LogP contribution in [0.1, 0.15) is 25.0 Å². The maximum Gasteiger partial charge on any atom is 0.143 e. The molecule has 0 N–H and O–H groups in total. The molecule has 2 heteroatoms. The number of anilines is 3. The third kappa shape index (κ3) is 6.09. The molecule has 0 spiro atoms. The van der Waals surface area contributed by atoms with Gasteiger partial charge in [-0.3, -0.25) is 0 Å². The predicted octanol–water partition coefficient (Wildman–Crippen LogP) is 17.2. The van der Waals surface area contributed by atoms with Gasteiger partial charge in [0.2, 0.25) is 0 Å². The van der Waals surface area contributed by atoms with Crippen molar-refractivity contribution in [1.82, 2.24) is 0 Å². The van der Waals surface area contributed by atoms with Gasteiger partial charge in [-0.15, -0.1) is 0 Å². The summed E-state index contributed by atoms with van der Waals surface area (Å²) in [7, 11) is 0. The Bertz CT molecular complexity index is 3510. The Kier molecular flexibility index (Phi) is 8.55. The first-order valence-electron chi connectivity index (χ1n) is 21.8.